The summed E-state index contributed by atoms with van der Waals surface area (Å²) in [5.74, 6) is 0.149. The van der Waals surface area contributed by atoms with Gasteiger partial charge in [0.15, 0.2) is 5.16 Å². The number of fused-ring (bicyclic) bond motifs is 2. The minimum absolute atomic E-state index is 0.0629. The second-order valence-electron chi connectivity index (χ2n) is 8.47. The molecular weight excluding hydrogens is 488 g/mol. The Bertz CT molecular complexity index is 1690. The lowest BCUT2D eigenvalue weighted by atomic mass is 10.0. The van der Waals surface area contributed by atoms with Crippen molar-refractivity contribution >= 4 is 49.8 Å². The number of para-hydroxylation sites is 3. The molecule has 36 heavy (non-hydrogen) atoms. The molecule has 0 saturated carbocycles. The second-order valence-corrected chi connectivity index (χ2v) is 10.4. The van der Waals surface area contributed by atoms with Crippen molar-refractivity contribution in [2.45, 2.75) is 24.9 Å². The summed E-state index contributed by atoms with van der Waals surface area (Å²) in [6.07, 6.45) is 0. The molecule has 178 valence electrons. The normalized spacial score (nSPS) is 12.2. The maximum Gasteiger partial charge on any atom is 0.266 e. The van der Waals surface area contributed by atoms with Crippen molar-refractivity contribution in [3.63, 3.8) is 0 Å². The molecule has 0 aliphatic heterocycles. The highest BCUT2D eigenvalue weighted by molar-refractivity contribution is 7.99. The summed E-state index contributed by atoms with van der Waals surface area (Å²) in [4.78, 5) is 22.9. The fraction of sp³-hybridized carbons (Fsp3) is 0.143. The SMILES string of the molecule is CC(C)c1ccccc1-n1c(SCC(O)=C(C#N)c2nc3ccccc3s2)nc2ccccc2c1=O. The molecule has 0 atom stereocenters. The van der Waals surface area contributed by atoms with Crippen LogP contribution in [-0.4, -0.2) is 25.4 Å². The molecule has 0 aliphatic rings. The number of rotatable bonds is 6. The molecule has 0 unspecified atom stereocenters. The molecule has 0 amide bonds. The van der Waals surface area contributed by atoms with Crippen molar-refractivity contribution in [2.75, 3.05) is 5.75 Å². The number of thiazole rings is 1. The van der Waals surface area contributed by atoms with Gasteiger partial charge < -0.3 is 5.11 Å². The predicted octanol–water partition coefficient (Wildman–Crippen LogP) is 6.70. The number of nitrogens with zero attached hydrogens (tertiary/aromatic N) is 4. The molecule has 5 rings (SSSR count). The maximum absolute atomic E-state index is 13.7. The maximum atomic E-state index is 13.7. The van der Waals surface area contributed by atoms with Gasteiger partial charge in [0, 0.05) is 0 Å². The smallest absolute Gasteiger partial charge is 0.266 e. The molecule has 0 radical (unpaired) electrons. The third-order valence-corrected chi connectivity index (χ3v) is 7.79. The number of aliphatic hydroxyl groups is 1. The summed E-state index contributed by atoms with van der Waals surface area (Å²) >= 11 is 2.57. The second kappa shape index (κ2) is 9.97. The van der Waals surface area contributed by atoms with Crippen LogP contribution < -0.4 is 5.56 Å². The number of benzene rings is 3. The molecular formula is C28H22N4O2S2. The molecule has 0 spiro atoms. The van der Waals surface area contributed by atoms with Crippen LogP contribution in [0.15, 0.2) is 88.5 Å². The first-order valence-corrected chi connectivity index (χ1v) is 13.2. The van der Waals surface area contributed by atoms with Gasteiger partial charge in [0.1, 0.15) is 22.4 Å². The van der Waals surface area contributed by atoms with Crippen LogP contribution >= 0.6 is 23.1 Å². The molecule has 0 saturated heterocycles. The number of hydrogen-bond donors (Lipinski definition) is 1. The molecule has 1 N–H and O–H groups in total. The van der Waals surface area contributed by atoms with Gasteiger partial charge in [-0.25, -0.2) is 9.97 Å². The van der Waals surface area contributed by atoms with Crippen LogP contribution in [0.1, 0.15) is 30.3 Å². The molecule has 5 aromatic rings. The molecule has 2 heterocycles. The van der Waals surface area contributed by atoms with Gasteiger partial charge in [-0.15, -0.1) is 11.3 Å². The largest absolute Gasteiger partial charge is 0.510 e. The van der Waals surface area contributed by atoms with E-state index in [1.807, 2.05) is 60.7 Å². The van der Waals surface area contributed by atoms with Crippen LogP contribution in [0, 0.1) is 11.3 Å². The van der Waals surface area contributed by atoms with Crippen LogP contribution in [0.5, 0.6) is 0 Å². The number of allylic oxidation sites excluding steroid dienone is 1. The van der Waals surface area contributed by atoms with Crippen molar-refractivity contribution < 1.29 is 5.11 Å². The third kappa shape index (κ3) is 4.39. The van der Waals surface area contributed by atoms with Gasteiger partial charge in [-0.1, -0.05) is 68.1 Å². The minimum Gasteiger partial charge on any atom is -0.510 e. The van der Waals surface area contributed by atoms with E-state index in [9.17, 15) is 15.2 Å². The monoisotopic (exact) mass is 510 g/mol. The van der Waals surface area contributed by atoms with Gasteiger partial charge in [0.25, 0.3) is 5.56 Å². The van der Waals surface area contributed by atoms with E-state index in [0.29, 0.717) is 21.1 Å². The molecule has 0 bridgehead atoms. The van der Waals surface area contributed by atoms with Crippen molar-refractivity contribution in [1.29, 1.82) is 5.26 Å². The Hall–Kier alpha value is -3.93. The Morgan fingerprint density at radius 3 is 2.47 bits per heavy atom. The number of thioether (sulfide) groups is 1. The molecule has 8 heteroatoms. The molecule has 6 nitrogen and oxygen atoms in total. The van der Waals surface area contributed by atoms with Gasteiger partial charge in [-0.3, -0.25) is 9.36 Å². The van der Waals surface area contributed by atoms with Gasteiger partial charge in [0.2, 0.25) is 0 Å². The predicted molar refractivity (Wildman–Crippen MR) is 147 cm³/mol. The highest BCUT2D eigenvalue weighted by atomic mass is 32.2. The Labute approximate surface area is 216 Å². The van der Waals surface area contributed by atoms with Crippen LogP contribution in [0.25, 0.3) is 32.4 Å². The first-order chi connectivity index (χ1) is 17.5. The first kappa shape index (κ1) is 23.8. The summed E-state index contributed by atoms with van der Waals surface area (Å²) in [7, 11) is 0. The number of hydrogen-bond acceptors (Lipinski definition) is 7. The third-order valence-electron chi connectivity index (χ3n) is 5.79. The highest BCUT2D eigenvalue weighted by Gasteiger charge is 2.19. The van der Waals surface area contributed by atoms with Crippen LogP contribution in [-0.2, 0) is 0 Å². The van der Waals surface area contributed by atoms with Gasteiger partial charge in [0.05, 0.1) is 32.6 Å². The zero-order valence-corrected chi connectivity index (χ0v) is 21.3. The summed E-state index contributed by atoms with van der Waals surface area (Å²) in [5.41, 5.74) is 3.09. The molecule has 2 aromatic heterocycles. The van der Waals surface area contributed by atoms with E-state index in [-0.39, 0.29) is 28.6 Å². The van der Waals surface area contributed by atoms with Crippen LogP contribution in [0.4, 0.5) is 0 Å². The molecule has 0 aliphatic carbocycles. The summed E-state index contributed by atoms with van der Waals surface area (Å²) in [6.45, 7) is 4.16. The average molecular weight is 511 g/mol. The Morgan fingerprint density at radius 2 is 1.72 bits per heavy atom. The number of aliphatic hydroxyl groups excluding tert-OH is 1. The fourth-order valence-corrected chi connectivity index (χ4v) is 5.89. The lowest BCUT2D eigenvalue weighted by molar-refractivity contribution is 0.420. The van der Waals surface area contributed by atoms with Crippen molar-refractivity contribution in [3.05, 3.63) is 99.5 Å². The zero-order chi connectivity index (χ0) is 25.2. The number of aromatic nitrogens is 3. The molecule has 0 fully saturated rings. The van der Waals surface area contributed by atoms with E-state index in [0.717, 1.165) is 21.5 Å². The van der Waals surface area contributed by atoms with E-state index >= 15 is 0 Å². The topological polar surface area (TPSA) is 91.8 Å². The van der Waals surface area contributed by atoms with E-state index < -0.39 is 0 Å². The average Bonchev–Trinajstić information content (AvgIpc) is 3.32. The van der Waals surface area contributed by atoms with Crippen molar-refractivity contribution in [3.8, 4) is 11.8 Å². The van der Waals surface area contributed by atoms with E-state index in [4.69, 9.17) is 4.98 Å². The summed E-state index contributed by atoms with van der Waals surface area (Å²) in [5, 5.41) is 22.2. The molecule has 3 aromatic carbocycles. The summed E-state index contributed by atoms with van der Waals surface area (Å²) in [6, 6.07) is 24.7. The summed E-state index contributed by atoms with van der Waals surface area (Å²) < 4.78 is 2.55. The number of nitriles is 1. The lowest BCUT2D eigenvalue weighted by Gasteiger charge is -2.18. The van der Waals surface area contributed by atoms with E-state index in [1.54, 1.807) is 16.7 Å². The zero-order valence-electron chi connectivity index (χ0n) is 19.7. The van der Waals surface area contributed by atoms with Gasteiger partial charge in [-0.05, 0) is 41.8 Å². The quantitative estimate of drug-likeness (QED) is 0.118. The van der Waals surface area contributed by atoms with Crippen LogP contribution in [0.2, 0.25) is 0 Å². The fourth-order valence-electron chi connectivity index (χ4n) is 4.02. The lowest BCUT2D eigenvalue weighted by Crippen LogP contribution is -2.23. The van der Waals surface area contributed by atoms with E-state index in [1.165, 1.54) is 23.1 Å². The van der Waals surface area contributed by atoms with Gasteiger partial charge >= 0.3 is 0 Å². The highest BCUT2D eigenvalue weighted by Crippen LogP contribution is 2.31. The van der Waals surface area contributed by atoms with Crippen LogP contribution in [0.3, 0.4) is 0 Å². The standard InChI is InChI=1S/C28H22N4O2S2/c1-17(2)18-9-4-7-13-23(18)32-27(34)19-10-3-5-11-21(19)31-28(32)35-16-24(33)20(15-29)26-30-22-12-6-8-14-25(22)36-26/h3-14,17,33H,16H2,1-2H3. The Balaban J connectivity index is 1.60. The Morgan fingerprint density at radius 1 is 1.03 bits per heavy atom. The first-order valence-electron chi connectivity index (χ1n) is 11.4. The van der Waals surface area contributed by atoms with Gasteiger partial charge in [-0.2, -0.15) is 5.26 Å². The Kier molecular flexibility index (Phi) is 6.59. The van der Waals surface area contributed by atoms with Crippen molar-refractivity contribution in [2.24, 2.45) is 0 Å². The van der Waals surface area contributed by atoms with E-state index in [2.05, 4.69) is 24.9 Å². The van der Waals surface area contributed by atoms with Crippen molar-refractivity contribution in [1.82, 2.24) is 14.5 Å². The minimum atomic E-state index is -0.175.